The van der Waals surface area contributed by atoms with Crippen LogP contribution < -0.4 is 10.1 Å². The van der Waals surface area contributed by atoms with Crippen LogP contribution in [0.2, 0.25) is 0 Å². The molecule has 2 aromatic rings. The first-order valence-electron chi connectivity index (χ1n) is 5.84. The standard InChI is InChI=1S/C13H17N3O2/c1-18-12-4-2-3-10(13(12)17)7-14-6-5-11-8-15-9-16-11/h2-4,8-9,14,17H,5-7H2,1H3,(H,15,16). The van der Waals surface area contributed by atoms with Crippen molar-refractivity contribution in [2.45, 2.75) is 13.0 Å². The summed E-state index contributed by atoms with van der Waals surface area (Å²) < 4.78 is 5.06. The zero-order valence-electron chi connectivity index (χ0n) is 10.3. The summed E-state index contributed by atoms with van der Waals surface area (Å²) in [4.78, 5) is 7.00. The quantitative estimate of drug-likeness (QED) is 0.676. The minimum Gasteiger partial charge on any atom is -0.504 e. The van der Waals surface area contributed by atoms with Crippen LogP contribution in [0, 0.1) is 0 Å². The number of phenolic OH excluding ortho intramolecular Hbond substituents is 1. The van der Waals surface area contributed by atoms with Crippen LogP contribution in [-0.4, -0.2) is 28.7 Å². The highest BCUT2D eigenvalue weighted by Gasteiger charge is 2.06. The molecule has 0 atom stereocenters. The fraction of sp³-hybridized carbons (Fsp3) is 0.308. The summed E-state index contributed by atoms with van der Waals surface area (Å²) in [5, 5.41) is 13.2. The Kier molecular flexibility index (Phi) is 4.20. The lowest BCUT2D eigenvalue weighted by atomic mass is 10.2. The molecule has 0 saturated heterocycles. The predicted molar refractivity (Wildman–Crippen MR) is 68.7 cm³/mol. The predicted octanol–water partition coefficient (Wildman–Crippen LogP) is 1.46. The molecular weight excluding hydrogens is 230 g/mol. The van der Waals surface area contributed by atoms with Crippen molar-refractivity contribution in [2.24, 2.45) is 0 Å². The number of aromatic amines is 1. The van der Waals surface area contributed by atoms with Gasteiger partial charge in [0.15, 0.2) is 11.5 Å². The second-order valence-corrected chi connectivity index (χ2v) is 3.97. The number of rotatable bonds is 6. The number of para-hydroxylation sites is 1. The van der Waals surface area contributed by atoms with Crippen molar-refractivity contribution < 1.29 is 9.84 Å². The zero-order chi connectivity index (χ0) is 12.8. The number of aromatic nitrogens is 2. The Bertz CT molecular complexity index is 483. The van der Waals surface area contributed by atoms with E-state index in [4.69, 9.17) is 4.74 Å². The maximum atomic E-state index is 9.89. The van der Waals surface area contributed by atoms with E-state index in [9.17, 15) is 5.11 Å². The third-order valence-corrected chi connectivity index (χ3v) is 2.74. The Balaban J connectivity index is 1.83. The number of phenols is 1. The first-order valence-corrected chi connectivity index (χ1v) is 5.84. The van der Waals surface area contributed by atoms with Crippen molar-refractivity contribution in [1.82, 2.24) is 15.3 Å². The normalized spacial score (nSPS) is 10.5. The van der Waals surface area contributed by atoms with Crippen molar-refractivity contribution >= 4 is 0 Å². The molecule has 0 aliphatic heterocycles. The van der Waals surface area contributed by atoms with E-state index in [0.29, 0.717) is 12.3 Å². The molecular formula is C13H17N3O2. The monoisotopic (exact) mass is 247 g/mol. The summed E-state index contributed by atoms with van der Waals surface area (Å²) in [7, 11) is 1.55. The lowest BCUT2D eigenvalue weighted by molar-refractivity contribution is 0.369. The number of aromatic hydroxyl groups is 1. The average molecular weight is 247 g/mol. The molecule has 0 saturated carbocycles. The van der Waals surface area contributed by atoms with Crippen molar-refractivity contribution in [1.29, 1.82) is 0 Å². The van der Waals surface area contributed by atoms with Gasteiger partial charge >= 0.3 is 0 Å². The van der Waals surface area contributed by atoms with E-state index in [1.807, 2.05) is 18.3 Å². The summed E-state index contributed by atoms with van der Waals surface area (Å²) in [5.41, 5.74) is 1.93. The maximum Gasteiger partial charge on any atom is 0.162 e. The van der Waals surface area contributed by atoms with Gasteiger partial charge in [-0.05, 0) is 6.07 Å². The minimum absolute atomic E-state index is 0.203. The largest absolute Gasteiger partial charge is 0.504 e. The van der Waals surface area contributed by atoms with Gasteiger partial charge in [0, 0.05) is 37.0 Å². The van der Waals surface area contributed by atoms with Gasteiger partial charge in [0.1, 0.15) is 0 Å². The van der Waals surface area contributed by atoms with Crippen LogP contribution in [-0.2, 0) is 13.0 Å². The molecule has 0 fully saturated rings. The summed E-state index contributed by atoms with van der Waals surface area (Å²) >= 11 is 0. The van der Waals surface area contributed by atoms with Crippen LogP contribution in [0.15, 0.2) is 30.7 Å². The molecule has 0 unspecified atom stereocenters. The number of H-pyrrole nitrogens is 1. The molecule has 1 heterocycles. The molecule has 0 radical (unpaired) electrons. The summed E-state index contributed by atoms with van der Waals surface area (Å²) in [6.45, 7) is 1.43. The lowest BCUT2D eigenvalue weighted by Gasteiger charge is -2.09. The van der Waals surface area contributed by atoms with Gasteiger partial charge in [0.2, 0.25) is 0 Å². The van der Waals surface area contributed by atoms with Crippen molar-refractivity contribution in [2.75, 3.05) is 13.7 Å². The number of nitrogens with one attached hydrogen (secondary N) is 2. The highest BCUT2D eigenvalue weighted by molar-refractivity contribution is 5.45. The summed E-state index contributed by atoms with van der Waals surface area (Å²) in [6, 6.07) is 5.48. The SMILES string of the molecule is COc1cccc(CNCCc2cnc[nH]2)c1O. The van der Waals surface area contributed by atoms with E-state index < -0.39 is 0 Å². The molecule has 0 aliphatic rings. The molecule has 0 spiro atoms. The van der Waals surface area contributed by atoms with Gasteiger partial charge < -0.3 is 20.1 Å². The number of benzene rings is 1. The molecule has 0 aliphatic carbocycles. The van der Waals surface area contributed by atoms with E-state index in [2.05, 4.69) is 15.3 Å². The van der Waals surface area contributed by atoms with Crippen LogP contribution in [0.4, 0.5) is 0 Å². The van der Waals surface area contributed by atoms with Crippen molar-refractivity contribution in [3.8, 4) is 11.5 Å². The van der Waals surface area contributed by atoms with Crippen molar-refractivity contribution in [3.05, 3.63) is 42.0 Å². The maximum absolute atomic E-state index is 9.89. The smallest absolute Gasteiger partial charge is 0.162 e. The van der Waals surface area contributed by atoms with Gasteiger partial charge in [0.25, 0.3) is 0 Å². The molecule has 0 amide bonds. The Labute approximate surface area is 106 Å². The Morgan fingerprint density at radius 3 is 3.06 bits per heavy atom. The van der Waals surface area contributed by atoms with Crippen LogP contribution >= 0.6 is 0 Å². The van der Waals surface area contributed by atoms with Crippen LogP contribution in [0.1, 0.15) is 11.3 Å². The molecule has 1 aromatic heterocycles. The highest BCUT2D eigenvalue weighted by Crippen LogP contribution is 2.28. The first kappa shape index (κ1) is 12.4. The van der Waals surface area contributed by atoms with Crippen LogP contribution in [0.3, 0.4) is 0 Å². The van der Waals surface area contributed by atoms with E-state index >= 15 is 0 Å². The molecule has 18 heavy (non-hydrogen) atoms. The average Bonchev–Trinajstić information content (AvgIpc) is 2.89. The molecule has 1 aromatic carbocycles. The van der Waals surface area contributed by atoms with Crippen LogP contribution in [0.5, 0.6) is 11.5 Å². The van der Waals surface area contributed by atoms with Gasteiger partial charge in [-0.15, -0.1) is 0 Å². The van der Waals surface area contributed by atoms with Gasteiger partial charge in [0.05, 0.1) is 13.4 Å². The number of nitrogens with zero attached hydrogens (tertiary/aromatic N) is 1. The van der Waals surface area contributed by atoms with E-state index in [-0.39, 0.29) is 5.75 Å². The second kappa shape index (κ2) is 6.07. The molecule has 96 valence electrons. The molecule has 3 N–H and O–H groups in total. The van der Waals surface area contributed by atoms with Gasteiger partial charge in [-0.1, -0.05) is 12.1 Å². The third kappa shape index (κ3) is 3.01. The number of hydrogen-bond donors (Lipinski definition) is 3. The van der Waals surface area contributed by atoms with Crippen LogP contribution in [0.25, 0.3) is 0 Å². The number of hydrogen-bond acceptors (Lipinski definition) is 4. The fourth-order valence-electron chi connectivity index (χ4n) is 1.74. The third-order valence-electron chi connectivity index (χ3n) is 2.74. The molecule has 5 nitrogen and oxygen atoms in total. The Morgan fingerprint density at radius 1 is 1.44 bits per heavy atom. The van der Waals surface area contributed by atoms with Gasteiger partial charge in [-0.25, -0.2) is 4.98 Å². The van der Waals surface area contributed by atoms with Crippen molar-refractivity contribution in [3.63, 3.8) is 0 Å². The number of imidazole rings is 1. The molecule has 0 bridgehead atoms. The molecule has 2 rings (SSSR count). The van der Waals surface area contributed by atoms with E-state index in [1.165, 1.54) is 0 Å². The Morgan fingerprint density at radius 2 is 2.33 bits per heavy atom. The highest BCUT2D eigenvalue weighted by atomic mass is 16.5. The zero-order valence-corrected chi connectivity index (χ0v) is 10.3. The topological polar surface area (TPSA) is 70.2 Å². The number of methoxy groups -OCH3 is 1. The number of ether oxygens (including phenoxy) is 1. The Hall–Kier alpha value is -2.01. The van der Waals surface area contributed by atoms with E-state index in [0.717, 1.165) is 24.2 Å². The molecule has 5 heteroatoms. The first-order chi connectivity index (χ1) is 8.81. The van der Waals surface area contributed by atoms with Gasteiger partial charge in [-0.2, -0.15) is 0 Å². The summed E-state index contributed by atoms with van der Waals surface area (Å²) in [5.74, 6) is 0.705. The summed E-state index contributed by atoms with van der Waals surface area (Å²) in [6.07, 6.45) is 4.36. The fourth-order valence-corrected chi connectivity index (χ4v) is 1.74. The second-order valence-electron chi connectivity index (χ2n) is 3.97. The van der Waals surface area contributed by atoms with E-state index in [1.54, 1.807) is 19.5 Å². The van der Waals surface area contributed by atoms with Gasteiger partial charge in [-0.3, -0.25) is 0 Å². The lowest BCUT2D eigenvalue weighted by Crippen LogP contribution is -2.16. The minimum atomic E-state index is 0.203.